The number of rotatable bonds is 5. The van der Waals surface area contributed by atoms with E-state index in [-0.39, 0.29) is 5.75 Å². The minimum Gasteiger partial charge on any atom is -0.506 e. The molecule has 0 saturated carbocycles. The molecule has 1 N–H and O–H groups in total. The normalized spacial score (nSPS) is 12.0. The van der Waals surface area contributed by atoms with Crippen LogP contribution in [0.4, 0.5) is 5.69 Å². The van der Waals surface area contributed by atoms with Crippen molar-refractivity contribution in [2.45, 2.75) is 0 Å². The van der Waals surface area contributed by atoms with Crippen LogP contribution < -0.4 is 9.54 Å². The summed E-state index contributed by atoms with van der Waals surface area (Å²) in [6.07, 6.45) is 3.31. The van der Waals surface area contributed by atoms with Gasteiger partial charge in [0.25, 0.3) is 0 Å². The number of phenolic OH excluding ortho intramolecular Hbond substituents is 1. The smallest absolute Gasteiger partial charge is 0.211 e. The monoisotopic (exact) mass is 547 g/mol. The van der Waals surface area contributed by atoms with Crippen molar-refractivity contribution in [3.63, 3.8) is 0 Å². The van der Waals surface area contributed by atoms with Crippen LogP contribution in [0.1, 0.15) is 5.56 Å². The molecule has 0 atom stereocenters. The third-order valence-corrected chi connectivity index (χ3v) is 6.15. The molecule has 4 aromatic rings. The number of hydrogen-bond donors (Lipinski definition) is 1. The lowest BCUT2D eigenvalue weighted by atomic mass is 10.2. The van der Waals surface area contributed by atoms with Gasteiger partial charge in [0.2, 0.25) is 4.80 Å². The largest absolute Gasteiger partial charge is 0.506 e. The Labute approximate surface area is 193 Å². The van der Waals surface area contributed by atoms with Gasteiger partial charge >= 0.3 is 0 Å². The van der Waals surface area contributed by atoms with Gasteiger partial charge in [0.1, 0.15) is 22.9 Å². The van der Waals surface area contributed by atoms with Gasteiger partial charge in [0.15, 0.2) is 5.76 Å². The first-order valence-corrected chi connectivity index (χ1v) is 11.2. The van der Waals surface area contributed by atoms with Crippen LogP contribution in [-0.4, -0.2) is 23.1 Å². The van der Waals surface area contributed by atoms with Crippen LogP contribution in [0.5, 0.6) is 11.5 Å². The number of benzene rings is 2. The maximum Gasteiger partial charge on any atom is 0.211 e. The zero-order valence-electron chi connectivity index (χ0n) is 15.6. The standard InChI is InChI=1S/C21H15Br2N3O3S/c1-28-18-6-3-2-5-16(18)25-21-26(17(12-30-21)19-7-4-8-29-19)24-11-13-9-14(22)20(27)15(23)10-13/h2-12,27H,1H3. The molecular weight excluding hydrogens is 534 g/mol. The molecular formula is C21H15Br2N3O3S. The highest BCUT2D eigenvalue weighted by molar-refractivity contribution is 9.11. The zero-order valence-corrected chi connectivity index (χ0v) is 19.6. The van der Waals surface area contributed by atoms with Gasteiger partial charge in [-0.1, -0.05) is 12.1 Å². The maximum atomic E-state index is 9.93. The third-order valence-electron chi connectivity index (χ3n) is 4.12. The molecule has 4 rings (SSSR count). The number of thiazole rings is 1. The molecule has 0 unspecified atom stereocenters. The number of aromatic nitrogens is 1. The number of methoxy groups -OCH3 is 1. The second-order valence-electron chi connectivity index (χ2n) is 6.05. The van der Waals surface area contributed by atoms with E-state index >= 15 is 0 Å². The van der Waals surface area contributed by atoms with E-state index in [0.29, 0.717) is 30.9 Å². The van der Waals surface area contributed by atoms with Crippen LogP contribution in [-0.2, 0) is 0 Å². The van der Waals surface area contributed by atoms with Gasteiger partial charge < -0.3 is 14.3 Å². The number of furan rings is 1. The third kappa shape index (κ3) is 4.28. The van der Waals surface area contributed by atoms with Gasteiger partial charge in [0.05, 0.1) is 28.5 Å². The lowest BCUT2D eigenvalue weighted by molar-refractivity contribution is 0.416. The first-order valence-electron chi connectivity index (χ1n) is 8.71. The van der Waals surface area contributed by atoms with E-state index in [4.69, 9.17) is 14.1 Å². The van der Waals surface area contributed by atoms with Crippen molar-refractivity contribution in [2.24, 2.45) is 10.1 Å². The van der Waals surface area contributed by atoms with E-state index in [2.05, 4.69) is 37.0 Å². The van der Waals surface area contributed by atoms with Gasteiger partial charge in [-0.3, -0.25) is 0 Å². The molecule has 0 amide bonds. The predicted molar refractivity (Wildman–Crippen MR) is 125 cm³/mol. The van der Waals surface area contributed by atoms with Crippen LogP contribution in [0.3, 0.4) is 0 Å². The maximum absolute atomic E-state index is 9.93. The Balaban J connectivity index is 1.85. The lowest BCUT2D eigenvalue weighted by Gasteiger charge is -2.04. The molecule has 0 spiro atoms. The number of halogens is 2. The first-order chi connectivity index (χ1) is 14.6. The van der Waals surface area contributed by atoms with E-state index in [1.165, 1.54) is 11.3 Å². The molecule has 2 heterocycles. The van der Waals surface area contributed by atoms with Crippen LogP contribution in [0.25, 0.3) is 11.5 Å². The van der Waals surface area contributed by atoms with Crippen molar-refractivity contribution >= 4 is 55.1 Å². The molecule has 30 heavy (non-hydrogen) atoms. The molecule has 0 saturated heterocycles. The van der Waals surface area contributed by atoms with Gasteiger partial charge in [-0.25, -0.2) is 9.67 Å². The molecule has 0 aliphatic carbocycles. The molecule has 6 nitrogen and oxygen atoms in total. The van der Waals surface area contributed by atoms with Crippen molar-refractivity contribution in [1.29, 1.82) is 0 Å². The quantitative estimate of drug-likeness (QED) is 0.303. The Morgan fingerprint density at radius 1 is 1.13 bits per heavy atom. The van der Waals surface area contributed by atoms with Crippen molar-refractivity contribution in [1.82, 2.24) is 4.68 Å². The summed E-state index contributed by atoms with van der Waals surface area (Å²) in [5, 5.41) is 16.5. The summed E-state index contributed by atoms with van der Waals surface area (Å²) >= 11 is 8.13. The minimum atomic E-state index is 0.137. The van der Waals surface area contributed by atoms with Crippen molar-refractivity contribution in [2.75, 3.05) is 7.11 Å². The highest BCUT2D eigenvalue weighted by Crippen LogP contribution is 2.33. The van der Waals surface area contributed by atoms with Crippen molar-refractivity contribution in [3.8, 4) is 23.0 Å². The zero-order chi connectivity index (χ0) is 21.1. The van der Waals surface area contributed by atoms with E-state index in [1.54, 1.807) is 36.4 Å². The molecule has 152 valence electrons. The number of para-hydroxylation sites is 2. The molecule has 2 aromatic carbocycles. The number of ether oxygens (including phenoxy) is 1. The molecule has 2 aromatic heterocycles. The highest BCUT2D eigenvalue weighted by atomic mass is 79.9. The second-order valence-corrected chi connectivity index (χ2v) is 8.60. The fourth-order valence-electron chi connectivity index (χ4n) is 2.69. The highest BCUT2D eigenvalue weighted by Gasteiger charge is 2.11. The van der Waals surface area contributed by atoms with Crippen LogP contribution in [0, 0.1) is 0 Å². The summed E-state index contributed by atoms with van der Waals surface area (Å²) in [4.78, 5) is 5.40. The van der Waals surface area contributed by atoms with Crippen LogP contribution >= 0.6 is 43.2 Å². The molecule has 0 bridgehead atoms. The average Bonchev–Trinajstić information content (AvgIpc) is 3.40. The molecule has 0 aliphatic heterocycles. The first kappa shape index (κ1) is 20.6. The van der Waals surface area contributed by atoms with Crippen molar-refractivity contribution in [3.05, 3.63) is 79.5 Å². The van der Waals surface area contributed by atoms with Gasteiger partial charge in [-0.05, 0) is 73.8 Å². The summed E-state index contributed by atoms with van der Waals surface area (Å²) in [6.45, 7) is 0. The fraction of sp³-hybridized carbons (Fsp3) is 0.0476. The SMILES string of the molecule is COc1ccccc1N=c1scc(-c2ccco2)n1N=Cc1cc(Br)c(O)c(Br)c1. The number of nitrogens with zero attached hydrogens (tertiary/aromatic N) is 3. The topological polar surface area (TPSA) is 72.2 Å². The molecule has 0 radical (unpaired) electrons. The van der Waals surface area contributed by atoms with E-state index in [9.17, 15) is 5.11 Å². The Morgan fingerprint density at radius 3 is 2.60 bits per heavy atom. The van der Waals surface area contributed by atoms with E-state index in [1.807, 2.05) is 41.8 Å². The Hall–Kier alpha value is -2.62. The Bertz CT molecular complexity index is 1250. The summed E-state index contributed by atoms with van der Waals surface area (Å²) in [5.41, 5.74) is 2.26. The lowest BCUT2D eigenvalue weighted by Crippen LogP contribution is -2.11. The second kappa shape index (κ2) is 9.03. The summed E-state index contributed by atoms with van der Waals surface area (Å²) < 4.78 is 13.8. The number of aromatic hydroxyl groups is 1. The van der Waals surface area contributed by atoms with Gasteiger partial charge in [-0.15, -0.1) is 11.3 Å². The van der Waals surface area contributed by atoms with E-state index < -0.39 is 0 Å². The van der Waals surface area contributed by atoms with Crippen LogP contribution in [0.15, 0.2) is 83.6 Å². The molecule has 0 aliphatic rings. The summed E-state index contributed by atoms with van der Waals surface area (Å²) in [5.74, 6) is 1.49. The minimum absolute atomic E-state index is 0.137. The van der Waals surface area contributed by atoms with Gasteiger partial charge in [-0.2, -0.15) is 5.10 Å². The van der Waals surface area contributed by atoms with Gasteiger partial charge in [0, 0.05) is 5.38 Å². The van der Waals surface area contributed by atoms with Crippen molar-refractivity contribution < 1.29 is 14.3 Å². The molecule has 9 heteroatoms. The number of phenols is 1. The Morgan fingerprint density at radius 2 is 1.90 bits per heavy atom. The fourth-order valence-corrected chi connectivity index (χ4v) is 4.74. The molecule has 0 fully saturated rings. The summed E-state index contributed by atoms with van der Waals surface area (Å²) in [7, 11) is 1.61. The Kier molecular flexibility index (Phi) is 6.21. The predicted octanol–water partition coefficient (Wildman–Crippen LogP) is 6.16. The van der Waals surface area contributed by atoms with E-state index in [0.717, 1.165) is 11.3 Å². The summed E-state index contributed by atoms with van der Waals surface area (Å²) in [6, 6.07) is 14.8. The van der Waals surface area contributed by atoms with Crippen LogP contribution in [0.2, 0.25) is 0 Å². The average molecular weight is 549 g/mol. The number of hydrogen-bond acceptors (Lipinski definition) is 6.